The van der Waals surface area contributed by atoms with Crippen LogP contribution >= 0.6 is 0 Å². The predicted octanol–water partition coefficient (Wildman–Crippen LogP) is 3.71. The normalized spacial score (nSPS) is 11.8. The lowest BCUT2D eigenvalue weighted by molar-refractivity contribution is -0.122. The summed E-state index contributed by atoms with van der Waals surface area (Å²) in [6.07, 6.45) is -0.545. The molecule has 0 heterocycles. The van der Waals surface area contributed by atoms with Crippen molar-refractivity contribution in [3.63, 3.8) is 0 Å². The highest BCUT2D eigenvalue weighted by Crippen LogP contribution is 2.18. The first-order valence-electron chi connectivity index (χ1n) is 6.66. The molecule has 1 N–H and O–H groups in total. The van der Waals surface area contributed by atoms with Crippen molar-refractivity contribution in [3.8, 4) is 5.75 Å². The van der Waals surface area contributed by atoms with Crippen molar-refractivity contribution in [1.82, 2.24) is 0 Å². The van der Waals surface area contributed by atoms with E-state index in [0.29, 0.717) is 0 Å². The minimum atomic E-state index is -0.545. The van der Waals surface area contributed by atoms with Crippen molar-refractivity contribution in [2.45, 2.75) is 26.9 Å². The van der Waals surface area contributed by atoms with Crippen LogP contribution in [0.5, 0.6) is 5.75 Å². The molecule has 1 atom stereocenters. The third-order valence-electron chi connectivity index (χ3n) is 3.05. The molecule has 1 unspecified atom stereocenters. The van der Waals surface area contributed by atoms with E-state index in [9.17, 15) is 4.79 Å². The lowest BCUT2D eigenvalue weighted by Crippen LogP contribution is -2.30. The molecule has 0 aliphatic carbocycles. The van der Waals surface area contributed by atoms with Gasteiger partial charge in [-0.1, -0.05) is 30.3 Å². The van der Waals surface area contributed by atoms with Crippen molar-refractivity contribution in [3.05, 3.63) is 59.7 Å². The van der Waals surface area contributed by atoms with Crippen LogP contribution in [0.2, 0.25) is 0 Å². The standard InChI is InChI=1S/C17H19NO2/c1-12-7-6-9-15(11-12)18-17(19)14(3)20-16-10-5-4-8-13(16)2/h4-11,14H,1-3H3,(H,18,19). The number of carbonyl (C=O) groups is 1. The third-order valence-corrected chi connectivity index (χ3v) is 3.05. The molecule has 2 aromatic rings. The van der Waals surface area contributed by atoms with Gasteiger partial charge in [-0.25, -0.2) is 0 Å². The maximum atomic E-state index is 12.1. The summed E-state index contributed by atoms with van der Waals surface area (Å²) in [5.74, 6) is 0.582. The number of amides is 1. The molecule has 0 aliphatic rings. The van der Waals surface area contributed by atoms with E-state index in [1.165, 1.54) is 0 Å². The second-order valence-corrected chi connectivity index (χ2v) is 4.88. The van der Waals surface area contributed by atoms with Gasteiger partial charge in [0.05, 0.1) is 0 Å². The zero-order valence-electron chi connectivity index (χ0n) is 12.0. The van der Waals surface area contributed by atoms with Gasteiger partial charge in [-0.2, -0.15) is 0 Å². The van der Waals surface area contributed by atoms with E-state index in [1.807, 2.05) is 62.4 Å². The quantitative estimate of drug-likeness (QED) is 0.919. The number of carbonyl (C=O) groups excluding carboxylic acids is 1. The Morgan fingerprint density at radius 3 is 2.55 bits per heavy atom. The number of hydrogen-bond donors (Lipinski definition) is 1. The molecule has 3 nitrogen and oxygen atoms in total. The molecule has 0 spiro atoms. The number of ether oxygens (including phenoxy) is 1. The highest BCUT2D eigenvalue weighted by Gasteiger charge is 2.15. The minimum Gasteiger partial charge on any atom is -0.481 e. The van der Waals surface area contributed by atoms with Gasteiger partial charge in [-0.3, -0.25) is 4.79 Å². The number of aryl methyl sites for hydroxylation is 2. The molecule has 0 aromatic heterocycles. The predicted molar refractivity (Wildman–Crippen MR) is 81.1 cm³/mol. The average Bonchev–Trinajstić information content (AvgIpc) is 2.41. The molecule has 0 aliphatic heterocycles. The van der Waals surface area contributed by atoms with Gasteiger partial charge in [0.1, 0.15) is 5.75 Å². The molecule has 3 heteroatoms. The highest BCUT2D eigenvalue weighted by molar-refractivity contribution is 5.94. The minimum absolute atomic E-state index is 0.154. The van der Waals surface area contributed by atoms with E-state index in [0.717, 1.165) is 22.6 Å². The molecule has 0 saturated heterocycles. The second kappa shape index (κ2) is 6.24. The molecule has 0 saturated carbocycles. The third kappa shape index (κ3) is 3.60. The van der Waals surface area contributed by atoms with Crippen LogP contribution in [0, 0.1) is 13.8 Å². The summed E-state index contributed by atoms with van der Waals surface area (Å²) in [6.45, 7) is 5.70. The number of hydrogen-bond acceptors (Lipinski definition) is 2. The van der Waals surface area contributed by atoms with Crippen LogP contribution < -0.4 is 10.1 Å². The van der Waals surface area contributed by atoms with Crippen LogP contribution in [0.4, 0.5) is 5.69 Å². The fourth-order valence-corrected chi connectivity index (χ4v) is 1.90. The zero-order chi connectivity index (χ0) is 14.5. The number of nitrogens with one attached hydrogen (secondary N) is 1. The smallest absolute Gasteiger partial charge is 0.265 e. The Labute approximate surface area is 119 Å². The Hall–Kier alpha value is -2.29. The lowest BCUT2D eigenvalue weighted by Gasteiger charge is -2.16. The van der Waals surface area contributed by atoms with E-state index in [2.05, 4.69) is 5.32 Å². The van der Waals surface area contributed by atoms with Crippen LogP contribution in [-0.2, 0) is 4.79 Å². The monoisotopic (exact) mass is 269 g/mol. The molecule has 1 amide bonds. The Morgan fingerprint density at radius 2 is 1.85 bits per heavy atom. The largest absolute Gasteiger partial charge is 0.481 e. The highest BCUT2D eigenvalue weighted by atomic mass is 16.5. The van der Waals surface area contributed by atoms with Crippen LogP contribution in [-0.4, -0.2) is 12.0 Å². The van der Waals surface area contributed by atoms with E-state index in [-0.39, 0.29) is 5.91 Å². The maximum absolute atomic E-state index is 12.1. The average molecular weight is 269 g/mol. The van der Waals surface area contributed by atoms with Crippen molar-refractivity contribution in [2.75, 3.05) is 5.32 Å². The van der Waals surface area contributed by atoms with Gasteiger partial charge in [0.2, 0.25) is 0 Å². The van der Waals surface area contributed by atoms with Crippen molar-refractivity contribution in [2.24, 2.45) is 0 Å². The first kappa shape index (κ1) is 14.1. The Kier molecular flexibility index (Phi) is 4.41. The summed E-state index contributed by atoms with van der Waals surface area (Å²) in [4.78, 5) is 12.1. The van der Waals surface area contributed by atoms with Gasteiger partial charge < -0.3 is 10.1 Å². The molecular weight excluding hydrogens is 250 g/mol. The van der Waals surface area contributed by atoms with Gasteiger partial charge >= 0.3 is 0 Å². The Bertz CT molecular complexity index is 607. The van der Waals surface area contributed by atoms with Gasteiger partial charge in [0.15, 0.2) is 6.10 Å². The van der Waals surface area contributed by atoms with Gasteiger partial charge in [0.25, 0.3) is 5.91 Å². The molecule has 0 bridgehead atoms. The second-order valence-electron chi connectivity index (χ2n) is 4.88. The van der Waals surface area contributed by atoms with Crippen LogP contribution in [0.1, 0.15) is 18.1 Å². The first-order chi connectivity index (χ1) is 9.56. The summed E-state index contributed by atoms with van der Waals surface area (Å²) in [7, 11) is 0. The van der Waals surface area contributed by atoms with Crippen LogP contribution in [0.15, 0.2) is 48.5 Å². The summed E-state index contributed by atoms with van der Waals surface area (Å²) in [5.41, 5.74) is 2.91. The van der Waals surface area contributed by atoms with Crippen molar-refractivity contribution >= 4 is 11.6 Å². The van der Waals surface area contributed by atoms with Crippen LogP contribution in [0.25, 0.3) is 0 Å². The van der Waals surface area contributed by atoms with Gasteiger partial charge in [0, 0.05) is 5.69 Å². The van der Waals surface area contributed by atoms with E-state index < -0.39 is 6.10 Å². The fourth-order valence-electron chi connectivity index (χ4n) is 1.90. The maximum Gasteiger partial charge on any atom is 0.265 e. The van der Waals surface area contributed by atoms with Crippen molar-refractivity contribution < 1.29 is 9.53 Å². The Balaban J connectivity index is 2.01. The lowest BCUT2D eigenvalue weighted by atomic mass is 10.2. The van der Waals surface area contributed by atoms with E-state index in [1.54, 1.807) is 6.92 Å². The zero-order valence-corrected chi connectivity index (χ0v) is 12.0. The van der Waals surface area contributed by atoms with E-state index >= 15 is 0 Å². The first-order valence-corrected chi connectivity index (χ1v) is 6.66. The number of rotatable bonds is 4. The topological polar surface area (TPSA) is 38.3 Å². The summed E-state index contributed by atoms with van der Waals surface area (Å²) < 4.78 is 5.70. The van der Waals surface area contributed by atoms with Gasteiger partial charge in [-0.15, -0.1) is 0 Å². The summed E-state index contributed by atoms with van der Waals surface area (Å²) in [6, 6.07) is 15.4. The molecule has 104 valence electrons. The van der Waals surface area contributed by atoms with Crippen LogP contribution in [0.3, 0.4) is 0 Å². The molecule has 2 aromatic carbocycles. The molecule has 0 fully saturated rings. The van der Waals surface area contributed by atoms with Crippen molar-refractivity contribution in [1.29, 1.82) is 0 Å². The molecule has 0 radical (unpaired) electrons. The number of anilines is 1. The van der Waals surface area contributed by atoms with E-state index in [4.69, 9.17) is 4.74 Å². The number of benzene rings is 2. The number of para-hydroxylation sites is 1. The molecular formula is C17H19NO2. The summed E-state index contributed by atoms with van der Waals surface area (Å²) in [5, 5.41) is 2.86. The Morgan fingerprint density at radius 1 is 1.10 bits per heavy atom. The fraction of sp³-hybridized carbons (Fsp3) is 0.235. The molecule has 2 rings (SSSR count). The SMILES string of the molecule is Cc1cccc(NC(=O)C(C)Oc2ccccc2C)c1. The van der Waals surface area contributed by atoms with Gasteiger partial charge in [-0.05, 0) is 50.1 Å². The summed E-state index contributed by atoms with van der Waals surface area (Å²) >= 11 is 0. The molecule has 20 heavy (non-hydrogen) atoms.